The van der Waals surface area contributed by atoms with Gasteiger partial charge in [0.15, 0.2) is 0 Å². The number of hydrogen-bond acceptors (Lipinski definition) is 4. The van der Waals surface area contributed by atoms with Crippen LogP contribution in [0, 0.1) is 0 Å². The number of benzene rings is 1. The van der Waals surface area contributed by atoms with Gasteiger partial charge in [0.25, 0.3) is 0 Å². The van der Waals surface area contributed by atoms with Crippen LogP contribution in [0.1, 0.15) is 19.3 Å². The molecule has 1 aromatic rings. The van der Waals surface area contributed by atoms with Gasteiger partial charge in [-0.1, -0.05) is 18.2 Å². The Bertz CT molecular complexity index is 513. The minimum Gasteiger partial charge on any atom is -0.326 e. The van der Waals surface area contributed by atoms with Crippen molar-refractivity contribution in [1.82, 2.24) is 14.7 Å². The van der Waals surface area contributed by atoms with Crippen LogP contribution >= 0.6 is 0 Å². The zero-order valence-electron chi connectivity index (χ0n) is 14.8. The molecule has 0 aromatic heterocycles. The molecule has 0 spiro atoms. The Morgan fingerprint density at radius 3 is 2.58 bits per heavy atom. The van der Waals surface area contributed by atoms with Gasteiger partial charge in [-0.25, -0.2) is 0 Å². The van der Waals surface area contributed by atoms with Gasteiger partial charge in [0, 0.05) is 57.4 Å². The molecule has 0 aliphatic carbocycles. The number of hydrogen-bond donors (Lipinski definition) is 1. The molecule has 1 atom stereocenters. The Morgan fingerprint density at radius 2 is 1.88 bits per heavy atom. The van der Waals surface area contributed by atoms with Crippen molar-refractivity contribution in [2.45, 2.75) is 25.3 Å². The maximum Gasteiger partial charge on any atom is 0.225 e. The second-order valence-corrected chi connectivity index (χ2v) is 7.10. The first kappa shape index (κ1) is 17.4. The summed E-state index contributed by atoms with van der Waals surface area (Å²) in [7, 11) is 2.23. The van der Waals surface area contributed by atoms with Crippen LogP contribution < -0.4 is 5.32 Å². The number of carbonyl (C=O) groups excluding carboxylic acids is 1. The number of carbonyl (C=O) groups is 1. The Hall–Kier alpha value is -1.43. The number of likely N-dealkylation sites (N-methyl/N-ethyl adjacent to an activating group) is 1. The quantitative estimate of drug-likeness (QED) is 0.892. The number of rotatable bonds is 5. The Labute approximate surface area is 145 Å². The molecule has 0 saturated carbocycles. The van der Waals surface area contributed by atoms with Crippen LogP contribution in [0.15, 0.2) is 30.3 Å². The molecule has 5 nitrogen and oxygen atoms in total. The van der Waals surface area contributed by atoms with Crippen molar-refractivity contribution in [3.63, 3.8) is 0 Å². The zero-order valence-corrected chi connectivity index (χ0v) is 14.8. The highest BCUT2D eigenvalue weighted by molar-refractivity contribution is 5.90. The van der Waals surface area contributed by atoms with Crippen LogP contribution in [0.2, 0.25) is 0 Å². The third-order valence-corrected chi connectivity index (χ3v) is 5.24. The molecule has 2 saturated heterocycles. The minimum atomic E-state index is 0.109. The second kappa shape index (κ2) is 8.60. The van der Waals surface area contributed by atoms with Gasteiger partial charge in [0.2, 0.25) is 5.91 Å². The molecule has 5 heteroatoms. The molecule has 1 aromatic carbocycles. The van der Waals surface area contributed by atoms with E-state index in [1.807, 2.05) is 30.3 Å². The first-order valence-corrected chi connectivity index (χ1v) is 9.20. The molecular formula is C19H30N4O. The van der Waals surface area contributed by atoms with Gasteiger partial charge in [-0.05, 0) is 38.6 Å². The van der Waals surface area contributed by atoms with E-state index in [2.05, 4.69) is 27.1 Å². The molecule has 2 aliphatic rings. The average molecular weight is 330 g/mol. The number of amides is 1. The summed E-state index contributed by atoms with van der Waals surface area (Å²) in [5, 5.41) is 2.97. The molecule has 1 N–H and O–H groups in total. The molecule has 3 rings (SSSR count). The third-order valence-electron chi connectivity index (χ3n) is 5.24. The largest absolute Gasteiger partial charge is 0.326 e. The molecule has 1 amide bonds. The smallest absolute Gasteiger partial charge is 0.225 e. The van der Waals surface area contributed by atoms with Crippen molar-refractivity contribution in [1.29, 1.82) is 0 Å². The summed E-state index contributed by atoms with van der Waals surface area (Å²) < 4.78 is 0. The van der Waals surface area contributed by atoms with Crippen LogP contribution in [-0.4, -0.2) is 79.5 Å². The molecule has 0 radical (unpaired) electrons. The van der Waals surface area contributed by atoms with Crippen molar-refractivity contribution in [2.24, 2.45) is 0 Å². The number of likely N-dealkylation sites (tertiary alicyclic amines) is 1. The molecule has 132 valence electrons. The fourth-order valence-electron chi connectivity index (χ4n) is 3.79. The lowest BCUT2D eigenvalue weighted by Crippen LogP contribution is -2.54. The Kier molecular flexibility index (Phi) is 6.24. The number of piperidine rings is 1. The molecule has 24 heavy (non-hydrogen) atoms. The number of para-hydroxylation sites is 1. The molecule has 2 fully saturated rings. The highest BCUT2D eigenvalue weighted by Gasteiger charge is 2.26. The van der Waals surface area contributed by atoms with Gasteiger partial charge in [-0.15, -0.1) is 0 Å². The van der Waals surface area contributed by atoms with Gasteiger partial charge in [-0.2, -0.15) is 0 Å². The predicted molar refractivity (Wildman–Crippen MR) is 98.2 cm³/mol. The average Bonchev–Trinajstić information content (AvgIpc) is 2.61. The number of nitrogens with zero attached hydrogens (tertiary/aromatic N) is 3. The maximum atomic E-state index is 12.0. The monoisotopic (exact) mass is 330 g/mol. The van der Waals surface area contributed by atoms with Gasteiger partial charge >= 0.3 is 0 Å². The van der Waals surface area contributed by atoms with E-state index in [9.17, 15) is 4.79 Å². The van der Waals surface area contributed by atoms with Crippen molar-refractivity contribution in [3.05, 3.63) is 30.3 Å². The van der Waals surface area contributed by atoms with E-state index in [1.165, 1.54) is 25.9 Å². The summed E-state index contributed by atoms with van der Waals surface area (Å²) in [6.45, 7) is 7.75. The van der Waals surface area contributed by atoms with Crippen molar-refractivity contribution < 1.29 is 4.79 Å². The second-order valence-electron chi connectivity index (χ2n) is 7.10. The number of anilines is 1. The molecular weight excluding hydrogens is 300 g/mol. The third kappa shape index (κ3) is 5.03. The molecule has 1 unspecified atom stereocenters. The minimum absolute atomic E-state index is 0.109. The highest BCUT2D eigenvalue weighted by atomic mass is 16.1. The lowest BCUT2D eigenvalue weighted by Gasteiger charge is -2.42. The normalized spacial score (nSPS) is 24.0. The summed E-state index contributed by atoms with van der Waals surface area (Å²) in [6, 6.07) is 10.4. The highest BCUT2D eigenvalue weighted by Crippen LogP contribution is 2.16. The van der Waals surface area contributed by atoms with Crippen LogP contribution in [0.4, 0.5) is 5.69 Å². The summed E-state index contributed by atoms with van der Waals surface area (Å²) in [5.74, 6) is 0.109. The standard InChI is InChI=1S/C19H30N4O/c1-21-10-5-8-18(16-21)23-14-12-22(13-15-23)11-9-19(24)20-17-6-3-2-4-7-17/h2-4,6-7,18H,5,8-16H2,1H3,(H,20,24). The first-order chi connectivity index (χ1) is 11.7. The molecule has 2 heterocycles. The maximum absolute atomic E-state index is 12.0. The first-order valence-electron chi connectivity index (χ1n) is 9.20. The number of nitrogens with one attached hydrogen (secondary N) is 1. The lowest BCUT2D eigenvalue weighted by atomic mass is 10.0. The van der Waals surface area contributed by atoms with Crippen molar-refractivity contribution in [2.75, 3.05) is 58.2 Å². The van der Waals surface area contributed by atoms with Crippen LogP contribution in [0.5, 0.6) is 0 Å². The Balaban J connectivity index is 1.35. The van der Waals surface area contributed by atoms with E-state index < -0.39 is 0 Å². The molecule has 2 aliphatic heterocycles. The lowest BCUT2D eigenvalue weighted by molar-refractivity contribution is -0.116. The van der Waals surface area contributed by atoms with Gasteiger partial charge in [-0.3, -0.25) is 9.69 Å². The van der Waals surface area contributed by atoms with Crippen molar-refractivity contribution >= 4 is 11.6 Å². The van der Waals surface area contributed by atoms with E-state index in [1.54, 1.807) is 0 Å². The predicted octanol–water partition coefficient (Wildman–Crippen LogP) is 1.73. The Morgan fingerprint density at radius 1 is 1.12 bits per heavy atom. The van der Waals surface area contributed by atoms with Gasteiger partial charge in [0.05, 0.1) is 0 Å². The fourth-order valence-corrected chi connectivity index (χ4v) is 3.79. The summed E-state index contributed by atoms with van der Waals surface area (Å²) in [4.78, 5) is 19.6. The SMILES string of the molecule is CN1CCCC(N2CCN(CCC(=O)Nc3ccccc3)CC2)C1. The van der Waals surface area contributed by atoms with Crippen LogP contribution in [0.25, 0.3) is 0 Å². The van der Waals surface area contributed by atoms with Crippen molar-refractivity contribution in [3.8, 4) is 0 Å². The van der Waals surface area contributed by atoms with E-state index >= 15 is 0 Å². The van der Waals surface area contributed by atoms with E-state index in [0.717, 1.165) is 44.5 Å². The van der Waals surface area contributed by atoms with E-state index in [-0.39, 0.29) is 5.91 Å². The van der Waals surface area contributed by atoms with Gasteiger partial charge < -0.3 is 15.1 Å². The van der Waals surface area contributed by atoms with E-state index in [0.29, 0.717) is 6.42 Å². The summed E-state index contributed by atoms with van der Waals surface area (Å²) >= 11 is 0. The van der Waals surface area contributed by atoms with Crippen LogP contribution in [-0.2, 0) is 4.79 Å². The summed E-state index contributed by atoms with van der Waals surface area (Å²) in [5.41, 5.74) is 0.883. The topological polar surface area (TPSA) is 38.8 Å². The number of piperazine rings is 1. The zero-order chi connectivity index (χ0) is 16.8. The van der Waals surface area contributed by atoms with E-state index in [4.69, 9.17) is 0 Å². The van der Waals surface area contributed by atoms with Crippen LogP contribution in [0.3, 0.4) is 0 Å². The molecule has 0 bridgehead atoms. The fraction of sp³-hybridized carbons (Fsp3) is 0.632. The van der Waals surface area contributed by atoms with Gasteiger partial charge in [0.1, 0.15) is 0 Å². The summed E-state index contributed by atoms with van der Waals surface area (Å²) in [6.07, 6.45) is 3.23.